The Labute approximate surface area is 117 Å². The molecule has 0 amide bonds. The Morgan fingerprint density at radius 1 is 1.47 bits per heavy atom. The molecule has 1 aliphatic rings. The minimum absolute atomic E-state index is 0.339. The number of aromatic nitrogens is 2. The quantitative estimate of drug-likeness (QED) is 0.784. The molecule has 1 aromatic heterocycles. The molecule has 0 radical (unpaired) electrons. The van der Waals surface area contributed by atoms with Gasteiger partial charge in [0.05, 0.1) is 12.2 Å². The Hall–Kier alpha value is -0.870. The maximum Gasteiger partial charge on any atom is 0.0538 e. The summed E-state index contributed by atoms with van der Waals surface area (Å²) < 4.78 is 1.99. The molecule has 1 fully saturated rings. The second-order valence-corrected chi connectivity index (χ2v) is 6.03. The van der Waals surface area contributed by atoms with Crippen LogP contribution in [0.1, 0.15) is 51.6 Å². The fourth-order valence-electron chi connectivity index (χ4n) is 2.59. The van der Waals surface area contributed by atoms with Crippen molar-refractivity contribution in [3.8, 4) is 0 Å². The van der Waals surface area contributed by atoms with Crippen molar-refractivity contribution in [2.45, 2.75) is 58.7 Å². The summed E-state index contributed by atoms with van der Waals surface area (Å²) in [5, 5.41) is 4.40. The Balaban J connectivity index is 2.07. The molecule has 1 aromatic rings. The first-order chi connectivity index (χ1) is 9.15. The van der Waals surface area contributed by atoms with Crippen LogP contribution in [0.3, 0.4) is 0 Å². The normalized spacial score (nSPS) is 17.4. The van der Waals surface area contributed by atoms with Crippen molar-refractivity contribution in [1.29, 1.82) is 0 Å². The lowest BCUT2D eigenvalue weighted by atomic mass is 10.1. The van der Waals surface area contributed by atoms with Gasteiger partial charge in [-0.1, -0.05) is 13.8 Å². The highest BCUT2D eigenvalue weighted by molar-refractivity contribution is 5.13. The van der Waals surface area contributed by atoms with Crippen molar-refractivity contribution in [2.75, 3.05) is 13.1 Å². The lowest BCUT2D eigenvalue weighted by Crippen LogP contribution is -2.36. The van der Waals surface area contributed by atoms with E-state index in [1.54, 1.807) is 0 Å². The van der Waals surface area contributed by atoms with Gasteiger partial charge in [0.1, 0.15) is 0 Å². The van der Waals surface area contributed by atoms with Gasteiger partial charge in [-0.3, -0.25) is 9.58 Å². The molecule has 2 rings (SSSR count). The molecule has 19 heavy (non-hydrogen) atoms. The first kappa shape index (κ1) is 14.5. The number of nitrogens with two attached hydrogens (primary N) is 1. The minimum atomic E-state index is 0.339. The molecule has 1 heterocycles. The van der Waals surface area contributed by atoms with Crippen molar-refractivity contribution in [3.63, 3.8) is 0 Å². The molecule has 1 saturated carbocycles. The highest BCUT2D eigenvalue weighted by Crippen LogP contribution is 2.34. The Bertz CT molecular complexity index is 381. The van der Waals surface area contributed by atoms with E-state index in [1.165, 1.54) is 24.8 Å². The van der Waals surface area contributed by atoms with Crippen molar-refractivity contribution in [3.05, 3.63) is 18.0 Å². The van der Waals surface area contributed by atoms with E-state index in [4.69, 9.17) is 5.73 Å². The van der Waals surface area contributed by atoms with E-state index < -0.39 is 0 Å². The van der Waals surface area contributed by atoms with E-state index in [1.807, 2.05) is 10.9 Å². The van der Waals surface area contributed by atoms with Gasteiger partial charge >= 0.3 is 0 Å². The van der Waals surface area contributed by atoms with Crippen molar-refractivity contribution in [2.24, 2.45) is 11.7 Å². The number of aryl methyl sites for hydroxylation is 1. The first-order valence-corrected chi connectivity index (χ1v) is 7.63. The summed E-state index contributed by atoms with van der Waals surface area (Å²) in [6, 6.07) is 1.09. The summed E-state index contributed by atoms with van der Waals surface area (Å²) in [5.74, 6) is 0.748. The van der Waals surface area contributed by atoms with Crippen LogP contribution >= 0.6 is 0 Å². The molecule has 0 aliphatic heterocycles. The Morgan fingerprint density at radius 3 is 2.68 bits per heavy atom. The number of hydrogen-bond donors (Lipinski definition) is 1. The highest BCUT2D eigenvalue weighted by Gasteiger charge is 2.34. The molecule has 1 unspecified atom stereocenters. The van der Waals surface area contributed by atoms with Gasteiger partial charge in [0.2, 0.25) is 0 Å². The number of nitrogens with zero attached hydrogens (tertiary/aromatic N) is 3. The van der Waals surface area contributed by atoms with Gasteiger partial charge in [0.15, 0.2) is 0 Å². The third-order valence-corrected chi connectivity index (χ3v) is 3.97. The summed E-state index contributed by atoms with van der Waals surface area (Å²) in [6.07, 6.45) is 8.05. The Morgan fingerprint density at radius 2 is 2.21 bits per heavy atom. The van der Waals surface area contributed by atoms with Crippen LogP contribution in [-0.4, -0.2) is 33.8 Å². The van der Waals surface area contributed by atoms with Crippen LogP contribution in [0.5, 0.6) is 0 Å². The average molecular weight is 264 g/mol. The lowest BCUT2D eigenvalue weighted by molar-refractivity contribution is 0.180. The molecule has 2 N–H and O–H groups in total. The van der Waals surface area contributed by atoms with Gasteiger partial charge in [0, 0.05) is 30.9 Å². The van der Waals surface area contributed by atoms with Crippen LogP contribution in [0.4, 0.5) is 0 Å². The van der Waals surface area contributed by atoms with Crippen molar-refractivity contribution < 1.29 is 0 Å². The molecule has 1 aliphatic carbocycles. The van der Waals surface area contributed by atoms with Gasteiger partial charge in [-0.05, 0) is 38.6 Å². The number of rotatable bonds is 8. The van der Waals surface area contributed by atoms with E-state index in [9.17, 15) is 0 Å². The van der Waals surface area contributed by atoms with E-state index in [0.29, 0.717) is 12.6 Å². The molecule has 0 spiro atoms. The van der Waals surface area contributed by atoms with Crippen LogP contribution in [0, 0.1) is 5.92 Å². The largest absolute Gasteiger partial charge is 0.329 e. The summed E-state index contributed by atoms with van der Waals surface area (Å²) in [7, 11) is 0. The zero-order chi connectivity index (χ0) is 13.8. The van der Waals surface area contributed by atoms with E-state index >= 15 is 0 Å². The van der Waals surface area contributed by atoms with Gasteiger partial charge in [0.25, 0.3) is 0 Å². The molecular formula is C15H28N4. The predicted molar refractivity (Wildman–Crippen MR) is 78.9 cm³/mol. The first-order valence-electron chi connectivity index (χ1n) is 7.63. The molecule has 4 heteroatoms. The lowest BCUT2D eigenvalue weighted by Gasteiger charge is -2.31. The monoisotopic (exact) mass is 264 g/mol. The van der Waals surface area contributed by atoms with Gasteiger partial charge in [-0.15, -0.1) is 0 Å². The highest BCUT2D eigenvalue weighted by atomic mass is 15.3. The van der Waals surface area contributed by atoms with Crippen LogP contribution in [0.2, 0.25) is 0 Å². The maximum absolute atomic E-state index is 6.05. The fourth-order valence-corrected chi connectivity index (χ4v) is 2.59. The van der Waals surface area contributed by atoms with E-state index in [0.717, 1.165) is 25.0 Å². The fraction of sp³-hybridized carbons (Fsp3) is 0.800. The third kappa shape index (κ3) is 3.80. The molecule has 0 saturated heterocycles. The average Bonchev–Trinajstić information content (AvgIpc) is 3.12. The van der Waals surface area contributed by atoms with Gasteiger partial charge in [-0.25, -0.2) is 0 Å². The van der Waals surface area contributed by atoms with Crippen LogP contribution in [0.25, 0.3) is 0 Å². The number of hydrogen-bond acceptors (Lipinski definition) is 3. The van der Waals surface area contributed by atoms with E-state index in [2.05, 4.69) is 37.0 Å². The van der Waals surface area contributed by atoms with Crippen LogP contribution < -0.4 is 5.73 Å². The molecular weight excluding hydrogens is 236 g/mol. The second-order valence-electron chi connectivity index (χ2n) is 6.03. The molecule has 0 bridgehead atoms. The van der Waals surface area contributed by atoms with Crippen LogP contribution in [0.15, 0.2) is 12.4 Å². The summed E-state index contributed by atoms with van der Waals surface area (Å²) in [6.45, 7) is 9.46. The minimum Gasteiger partial charge on any atom is -0.329 e. The van der Waals surface area contributed by atoms with Gasteiger partial charge < -0.3 is 5.73 Å². The maximum atomic E-state index is 6.05. The standard InChI is InChI=1S/C15H28N4/c1-4-18-11-13(10-17-18)15(9-16)19(14-5-6-14)8-7-12(2)3/h10-12,14-15H,4-9,16H2,1-3H3. The summed E-state index contributed by atoms with van der Waals surface area (Å²) in [5.41, 5.74) is 7.33. The molecule has 0 aromatic carbocycles. The van der Waals surface area contributed by atoms with Crippen molar-refractivity contribution >= 4 is 0 Å². The van der Waals surface area contributed by atoms with E-state index in [-0.39, 0.29) is 0 Å². The summed E-state index contributed by atoms with van der Waals surface area (Å²) in [4.78, 5) is 2.61. The second kappa shape index (κ2) is 6.53. The Kier molecular flexibility index (Phi) is 4.99. The van der Waals surface area contributed by atoms with Crippen molar-refractivity contribution in [1.82, 2.24) is 14.7 Å². The van der Waals surface area contributed by atoms with Gasteiger partial charge in [-0.2, -0.15) is 5.10 Å². The molecule has 4 nitrogen and oxygen atoms in total. The zero-order valence-corrected chi connectivity index (χ0v) is 12.5. The topological polar surface area (TPSA) is 47.1 Å². The predicted octanol–water partition coefficient (Wildman–Crippen LogP) is 2.41. The molecule has 108 valence electrons. The SMILES string of the molecule is CCn1cc(C(CN)N(CCC(C)C)C2CC2)cn1. The summed E-state index contributed by atoms with van der Waals surface area (Å²) >= 11 is 0. The third-order valence-electron chi connectivity index (χ3n) is 3.97. The van der Waals surface area contributed by atoms with Crippen LogP contribution in [-0.2, 0) is 6.54 Å². The smallest absolute Gasteiger partial charge is 0.0538 e. The zero-order valence-electron chi connectivity index (χ0n) is 12.5. The molecule has 1 atom stereocenters.